The predicted octanol–water partition coefficient (Wildman–Crippen LogP) is 4.53. The second-order valence-electron chi connectivity index (χ2n) is 8.57. The van der Waals surface area contributed by atoms with Crippen LogP contribution in [0.5, 0.6) is 0 Å². The molecule has 0 spiro atoms. The molecule has 1 atom stereocenters. The number of hydrogen-bond donors (Lipinski definition) is 0. The number of nitrogens with zero attached hydrogens (tertiary/aromatic N) is 3. The van der Waals surface area contributed by atoms with E-state index >= 15 is 0 Å². The van der Waals surface area contributed by atoms with E-state index in [1.165, 1.54) is 0 Å². The molecular formula is C28H31N3O5. The number of aliphatic imine (C=N–C) groups is 1. The number of fused-ring (bicyclic) bond motifs is 5. The highest BCUT2D eigenvalue weighted by molar-refractivity contribution is 5.88. The third-order valence-corrected chi connectivity index (χ3v) is 6.57. The van der Waals surface area contributed by atoms with Crippen molar-refractivity contribution in [2.24, 2.45) is 4.99 Å². The quantitative estimate of drug-likeness (QED) is 0.224. The Morgan fingerprint density at radius 2 is 2.03 bits per heavy atom. The van der Waals surface area contributed by atoms with Crippen LogP contribution in [0.3, 0.4) is 0 Å². The van der Waals surface area contributed by atoms with Gasteiger partial charge in [-0.2, -0.15) is 0 Å². The van der Waals surface area contributed by atoms with Gasteiger partial charge < -0.3 is 19.0 Å². The number of para-hydroxylation sites is 1. The van der Waals surface area contributed by atoms with E-state index in [0.29, 0.717) is 41.9 Å². The average Bonchev–Trinajstić information content (AvgIpc) is 3.26. The zero-order chi connectivity index (χ0) is 25.9. The minimum absolute atomic E-state index is 0.136. The number of carbonyl (C=O) groups excluding carboxylic acids is 2. The molecule has 0 aliphatic carbocycles. The number of rotatable bonds is 6. The summed E-state index contributed by atoms with van der Waals surface area (Å²) >= 11 is 0. The first kappa shape index (κ1) is 25.3. The summed E-state index contributed by atoms with van der Waals surface area (Å²) in [6.45, 7) is 5.99. The number of esters is 2. The van der Waals surface area contributed by atoms with Crippen molar-refractivity contribution >= 4 is 29.1 Å². The van der Waals surface area contributed by atoms with Gasteiger partial charge in [0.2, 0.25) is 5.60 Å². The van der Waals surface area contributed by atoms with Crippen molar-refractivity contribution in [3.05, 3.63) is 63.4 Å². The fraction of sp³-hybridized carbons (Fsp3) is 0.393. The maximum atomic E-state index is 13.5. The molecule has 2 aromatic heterocycles. The number of aromatic nitrogens is 2. The largest absolute Gasteiger partial charge is 0.457 e. The molecule has 2 aliphatic rings. The Labute approximate surface area is 210 Å². The number of benzene rings is 1. The number of pyridine rings is 2. The van der Waals surface area contributed by atoms with Gasteiger partial charge in [0.1, 0.15) is 6.61 Å². The molecule has 5 rings (SSSR count). The molecular weight excluding hydrogens is 458 g/mol. The Bertz CT molecular complexity index is 1410. The molecule has 0 bridgehead atoms. The van der Waals surface area contributed by atoms with Crippen molar-refractivity contribution < 1.29 is 19.1 Å². The van der Waals surface area contributed by atoms with Crippen molar-refractivity contribution in [1.29, 1.82) is 0 Å². The van der Waals surface area contributed by atoms with Crippen molar-refractivity contribution in [1.82, 2.24) is 9.55 Å². The van der Waals surface area contributed by atoms with Crippen molar-refractivity contribution in [3.8, 4) is 11.4 Å². The molecule has 8 nitrogen and oxygen atoms in total. The highest BCUT2D eigenvalue weighted by Crippen LogP contribution is 2.41. The summed E-state index contributed by atoms with van der Waals surface area (Å²) in [7, 11) is 1.67. The summed E-state index contributed by atoms with van der Waals surface area (Å²) in [6, 6.07) is 11.6. The highest BCUT2D eigenvalue weighted by atomic mass is 16.6. The fourth-order valence-corrected chi connectivity index (χ4v) is 4.79. The van der Waals surface area contributed by atoms with Gasteiger partial charge in [0, 0.05) is 30.0 Å². The lowest BCUT2D eigenvalue weighted by Gasteiger charge is -2.35. The lowest BCUT2D eigenvalue weighted by molar-refractivity contribution is -0.189. The Balaban J connectivity index is 0.00000148. The standard InChI is InChI=1S/C26H25N3O5.C2H6/c1-3-26(34-22(30)10-6-7-11-27-2)19-13-21-23-17(12-16-8-4-5-9-20(16)28-23)14-29(21)24(31)18(19)15-33-25(26)32;1-2/h4-5,8-9,11-13H,3,6-7,10,14-15H2,1-2H3;1-2H3/t26-;/m0./s1. The Kier molecular flexibility index (Phi) is 7.33. The lowest BCUT2D eigenvalue weighted by Crippen LogP contribution is -2.47. The summed E-state index contributed by atoms with van der Waals surface area (Å²) in [4.78, 5) is 47.9. The van der Waals surface area contributed by atoms with E-state index in [0.717, 1.165) is 16.5 Å². The van der Waals surface area contributed by atoms with Gasteiger partial charge in [-0.1, -0.05) is 39.0 Å². The Hall–Kier alpha value is -3.81. The van der Waals surface area contributed by atoms with Crippen LogP contribution in [0.1, 0.15) is 63.1 Å². The zero-order valence-corrected chi connectivity index (χ0v) is 21.2. The van der Waals surface area contributed by atoms with Crippen LogP contribution in [0.2, 0.25) is 0 Å². The molecule has 0 unspecified atom stereocenters. The van der Waals surface area contributed by atoms with Gasteiger partial charge >= 0.3 is 11.9 Å². The maximum absolute atomic E-state index is 13.5. The summed E-state index contributed by atoms with van der Waals surface area (Å²) < 4.78 is 12.8. The molecule has 0 fully saturated rings. The molecule has 0 radical (unpaired) electrons. The first-order valence-electron chi connectivity index (χ1n) is 12.4. The minimum atomic E-state index is -1.65. The Morgan fingerprint density at radius 1 is 1.25 bits per heavy atom. The summed E-state index contributed by atoms with van der Waals surface area (Å²) in [6.07, 6.45) is 3.20. The Morgan fingerprint density at radius 3 is 2.78 bits per heavy atom. The predicted molar refractivity (Wildman–Crippen MR) is 138 cm³/mol. The van der Waals surface area contributed by atoms with Gasteiger partial charge in [0.05, 0.1) is 29.0 Å². The molecule has 0 amide bonds. The van der Waals surface area contributed by atoms with Crippen molar-refractivity contribution in [2.75, 3.05) is 7.05 Å². The lowest BCUT2D eigenvalue weighted by atomic mass is 9.85. The van der Waals surface area contributed by atoms with E-state index < -0.39 is 17.5 Å². The first-order valence-corrected chi connectivity index (χ1v) is 12.4. The smallest absolute Gasteiger partial charge is 0.355 e. The van der Waals surface area contributed by atoms with Gasteiger partial charge in [-0.3, -0.25) is 9.59 Å². The van der Waals surface area contributed by atoms with E-state index in [9.17, 15) is 14.4 Å². The molecule has 2 aliphatic heterocycles. The van der Waals surface area contributed by atoms with Crippen LogP contribution in [-0.2, 0) is 37.8 Å². The van der Waals surface area contributed by atoms with E-state index in [-0.39, 0.29) is 25.0 Å². The fourth-order valence-electron chi connectivity index (χ4n) is 4.79. The van der Waals surface area contributed by atoms with Crippen LogP contribution in [-0.4, -0.2) is 34.8 Å². The topological polar surface area (TPSA) is 99.8 Å². The molecule has 3 aromatic rings. The number of cyclic esters (lactones) is 1. The van der Waals surface area contributed by atoms with Crippen LogP contribution in [0.15, 0.2) is 46.2 Å². The van der Waals surface area contributed by atoms with E-state index in [1.54, 1.807) is 30.8 Å². The molecule has 4 heterocycles. The van der Waals surface area contributed by atoms with Gasteiger partial charge in [0.25, 0.3) is 5.56 Å². The number of unbranched alkanes of at least 4 members (excludes halogenated alkanes) is 1. The molecule has 0 saturated heterocycles. The van der Waals surface area contributed by atoms with E-state index in [2.05, 4.69) is 4.99 Å². The molecule has 1 aromatic carbocycles. The van der Waals surface area contributed by atoms with Crippen LogP contribution in [0.25, 0.3) is 22.3 Å². The summed E-state index contributed by atoms with van der Waals surface area (Å²) in [5.41, 5.74) is 1.90. The zero-order valence-electron chi connectivity index (χ0n) is 21.2. The van der Waals surface area contributed by atoms with Gasteiger partial charge in [0.15, 0.2) is 0 Å². The van der Waals surface area contributed by atoms with Gasteiger partial charge in [-0.15, -0.1) is 0 Å². The highest BCUT2D eigenvalue weighted by Gasteiger charge is 2.50. The molecule has 36 heavy (non-hydrogen) atoms. The van der Waals surface area contributed by atoms with Crippen LogP contribution < -0.4 is 5.56 Å². The molecule has 0 N–H and O–H groups in total. The number of carbonyl (C=O) groups is 2. The second-order valence-corrected chi connectivity index (χ2v) is 8.57. The monoisotopic (exact) mass is 489 g/mol. The number of hydrogen-bond acceptors (Lipinski definition) is 7. The molecule has 8 heteroatoms. The summed E-state index contributed by atoms with van der Waals surface area (Å²) in [5, 5.41) is 0.996. The van der Waals surface area contributed by atoms with Crippen LogP contribution in [0, 0.1) is 0 Å². The third kappa shape index (κ3) is 4.21. The first-order chi connectivity index (χ1) is 17.5. The van der Waals surface area contributed by atoms with Crippen LogP contribution >= 0.6 is 0 Å². The third-order valence-electron chi connectivity index (χ3n) is 6.57. The van der Waals surface area contributed by atoms with Crippen molar-refractivity contribution in [2.45, 2.75) is 65.2 Å². The van der Waals surface area contributed by atoms with Gasteiger partial charge in [-0.05, 0) is 43.7 Å². The maximum Gasteiger partial charge on any atom is 0.355 e. The van der Waals surface area contributed by atoms with Crippen molar-refractivity contribution in [3.63, 3.8) is 0 Å². The molecule has 0 saturated carbocycles. The van der Waals surface area contributed by atoms with Gasteiger partial charge in [-0.25, -0.2) is 9.78 Å². The van der Waals surface area contributed by atoms with Crippen LogP contribution in [0.4, 0.5) is 0 Å². The normalized spacial score (nSPS) is 17.6. The SMILES string of the molecule is CC.CC[C@@]1(OC(=O)CCCC=NC)C(=O)OCc2c1cc1n(c2=O)Cc2cc3ccccc3nc2-1. The van der Waals surface area contributed by atoms with E-state index in [4.69, 9.17) is 14.5 Å². The van der Waals surface area contributed by atoms with E-state index in [1.807, 2.05) is 44.2 Å². The molecule has 188 valence electrons. The number of ether oxygens (including phenoxy) is 2. The summed E-state index contributed by atoms with van der Waals surface area (Å²) in [5.74, 6) is -1.17. The minimum Gasteiger partial charge on any atom is -0.457 e. The second kappa shape index (κ2) is 10.4. The average molecular weight is 490 g/mol.